The van der Waals surface area contributed by atoms with Crippen LogP contribution in [-0.4, -0.2) is 121 Å². The number of benzene rings is 4. The number of amides is 3. The van der Waals surface area contributed by atoms with Crippen LogP contribution in [0, 0.1) is 0 Å². The highest BCUT2D eigenvalue weighted by Crippen LogP contribution is 2.17. The highest BCUT2D eigenvalue weighted by atomic mass is 79.9. The molecule has 0 radical (unpaired) electrons. The monoisotopic (exact) mass is 1090 g/mol. The second-order valence-electron chi connectivity index (χ2n) is 13.8. The lowest BCUT2D eigenvalue weighted by atomic mass is 10.0. The molecular weight excluding hydrogens is 1020 g/mol. The van der Waals surface area contributed by atoms with Crippen LogP contribution in [0.2, 0.25) is 0 Å². The molecule has 3 aliphatic rings. The quantitative estimate of drug-likeness (QED) is 0.0468. The molecule has 7 N–H and O–H groups in total. The number of carboxylic acid groups (broad SMARTS) is 1. The number of carboxylic acids is 1. The molecule has 0 spiro atoms. The molecule has 3 aliphatic heterocycles. The van der Waals surface area contributed by atoms with Gasteiger partial charge in [0.2, 0.25) is 12.2 Å². The SMILES string of the molecule is CBr.CBr.CC.CC.COC(=O)[C@H]1OC(=O)N[C@H]1Cc1ccccc1.COC(=O)[C@H]1OC(=O)N[C@H]1Cc1ccccc1.N[C@@H](Cc1ccccc1)C(=O)O.O=C1N[C@@H](Cc2ccccc2)[C@@H](CO)O1. The van der Waals surface area contributed by atoms with Crippen molar-refractivity contribution in [2.45, 2.75) is 95.9 Å². The number of alkyl carbamates (subject to hydrolysis) is 3. The van der Waals surface area contributed by atoms with E-state index in [4.69, 9.17) is 30.2 Å². The molecule has 17 nitrogen and oxygen atoms in total. The molecule has 3 amide bonds. The molecule has 69 heavy (non-hydrogen) atoms. The summed E-state index contributed by atoms with van der Waals surface area (Å²) >= 11 is 5.88. The third kappa shape index (κ3) is 24.2. The van der Waals surface area contributed by atoms with E-state index >= 15 is 0 Å². The molecule has 4 aromatic carbocycles. The Labute approximate surface area is 422 Å². The van der Waals surface area contributed by atoms with E-state index in [0.717, 1.165) is 22.3 Å². The topological polar surface area (TPSA) is 251 Å². The summed E-state index contributed by atoms with van der Waals surface area (Å²) in [4.78, 5) is 66.5. The van der Waals surface area contributed by atoms with Gasteiger partial charge < -0.3 is 55.6 Å². The van der Waals surface area contributed by atoms with Crippen molar-refractivity contribution in [2.75, 3.05) is 32.5 Å². The predicted octanol–water partition coefficient (Wildman–Crippen LogP) is 7.17. The summed E-state index contributed by atoms with van der Waals surface area (Å²) in [6, 6.07) is 36.6. The first-order chi connectivity index (χ1) is 33.4. The average molecular weight is 1090 g/mol. The molecule has 3 heterocycles. The number of methoxy groups -OCH3 is 2. The molecule has 0 aliphatic carbocycles. The number of rotatable bonds is 12. The largest absolute Gasteiger partial charge is 0.480 e. The molecule has 4 aromatic rings. The lowest BCUT2D eigenvalue weighted by Gasteiger charge is -2.14. The summed E-state index contributed by atoms with van der Waals surface area (Å²) in [5, 5.41) is 25.4. The molecule has 3 saturated heterocycles. The number of carbonyl (C=O) groups is 6. The van der Waals surface area contributed by atoms with Crippen LogP contribution in [0.4, 0.5) is 14.4 Å². The smallest absolute Gasteiger partial charge is 0.408 e. The Bertz CT molecular complexity index is 1940. The molecule has 3 fully saturated rings. The zero-order chi connectivity index (χ0) is 52.1. The second-order valence-corrected chi connectivity index (χ2v) is 13.8. The Morgan fingerprint density at radius 1 is 0.551 bits per heavy atom. The molecule has 7 rings (SSSR count). The molecule has 0 aromatic heterocycles. The van der Waals surface area contributed by atoms with Crippen LogP contribution in [0.15, 0.2) is 121 Å². The number of ether oxygens (including phenoxy) is 5. The van der Waals surface area contributed by atoms with Crippen LogP contribution in [0.25, 0.3) is 0 Å². The third-order valence-electron chi connectivity index (χ3n) is 9.37. The van der Waals surface area contributed by atoms with Crippen LogP contribution in [0.5, 0.6) is 0 Å². The molecule has 0 bridgehead atoms. The Morgan fingerprint density at radius 3 is 1.14 bits per heavy atom. The van der Waals surface area contributed by atoms with Gasteiger partial charge in [-0.1, -0.05) is 181 Å². The molecular formula is C50H68Br2N4O13. The summed E-state index contributed by atoms with van der Waals surface area (Å²) in [5.74, 6) is 1.59. The summed E-state index contributed by atoms with van der Waals surface area (Å²) in [6.07, 6.45) is -1.65. The Balaban J connectivity index is 0.000000856. The number of halogens is 2. The minimum absolute atomic E-state index is 0.134. The van der Waals surface area contributed by atoms with Crippen LogP contribution >= 0.6 is 31.9 Å². The highest BCUT2D eigenvalue weighted by Gasteiger charge is 2.41. The van der Waals surface area contributed by atoms with E-state index in [-0.39, 0.29) is 24.7 Å². The number of aliphatic carboxylic acids is 1. The van der Waals surface area contributed by atoms with Crippen LogP contribution in [-0.2, 0) is 63.8 Å². The predicted molar refractivity (Wildman–Crippen MR) is 271 cm³/mol. The number of hydrogen-bond acceptors (Lipinski definition) is 13. The van der Waals surface area contributed by atoms with Crippen molar-refractivity contribution in [3.05, 3.63) is 144 Å². The van der Waals surface area contributed by atoms with Crippen molar-refractivity contribution in [3.8, 4) is 0 Å². The Morgan fingerprint density at radius 2 is 0.841 bits per heavy atom. The fourth-order valence-corrected chi connectivity index (χ4v) is 6.29. The van der Waals surface area contributed by atoms with Crippen molar-refractivity contribution in [2.24, 2.45) is 5.73 Å². The van der Waals surface area contributed by atoms with Gasteiger partial charge in [0.05, 0.1) is 39.0 Å². The van der Waals surface area contributed by atoms with Crippen LogP contribution in [0.3, 0.4) is 0 Å². The summed E-state index contributed by atoms with van der Waals surface area (Å²) in [5.41, 5.74) is 9.47. The summed E-state index contributed by atoms with van der Waals surface area (Å²) in [6.45, 7) is 7.86. The number of esters is 2. The van der Waals surface area contributed by atoms with Gasteiger partial charge in [-0.3, -0.25) is 4.79 Å². The second kappa shape index (κ2) is 37.9. The molecule has 19 heteroatoms. The van der Waals surface area contributed by atoms with E-state index in [1.54, 1.807) is 0 Å². The van der Waals surface area contributed by atoms with Crippen molar-refractivity contribution in [1.29, 1.82) is 0 Å². The van der Waals surface area contributed by atoms with Crippen LogP contribution in [0.1, 0.15) is 49.9 Å². The maximum Gasteiger partial charge on any atom is 0.408 e. The number of cyclic esters (lactones) is 3. The minimum atomic E-state index is -0.959. The normalized spacial score (nSPS) is 19.1. The first-order valence-corrected chi connectivity index (χ1v) is 25.2. The maximum atomic E-state index is 11.4. The maximum absolute atomic E-state index is 11.4. The van der Waals surface area contributed by atoms with Crippen molar-refractivity contribution >= 4 is 68.0 Å². The lowest BCUT2D eigenvalue weighted by Crippen LogP contribution is -2.38. The van der Waals surface area contributed by atoms with E-state index in [1.807, 2.05) is 161 Å². The number of alkyl halides is 2. The van der Waals surface area contributed by atoms with E-state index in [9.17, 15) is 28.8 Å². The molecule has 380 valence electrons. The third-order valence-corrected chi connectivity index (χ3v) is 9.37. The summed E-state index contributed by atoms with van der Waals surface area (Å²) < 4.78 is 23.8. The van der Waals surface area contributed by atoms with E-state index < -0.39 is 60.5 Å². The first kappa shape index (κ1) is 63.0. The molecule has 7 atom stereocenters. The van der Waals surface area contributed by atoms with Gasteiger partial charge in [0.25, 0.3) is 0 Å². The van der Waals surface area contributed by atoms with Gasteiger partial charge in [0, 0.05) is 0 Å². The van der Waals surface area contributed by atoms with E-state index in [1.165, 1.54) is 14.2 Å². The standard InChI is InChI=1S/2C12H13NO4.C11H13NO3.C9H11NO2.2C2H6.2CH3Br/c2*1-16-11(14)10-9(13-12(15)17-10)7-8-5-3-2-4-6-8;13-7-10-9(12-11(14)15-10)6-8-4-2-1-3-5-8;10-8(9(11)12)6-7-4-2-1-3-5-7;4*1-2/h2*2-6,9-10H,7H2,1H3,(H,13,15);1-5,9-10,13H,6-7H2,(H,12,14);1-5,8H,6,10H2,(H,11,12);2*1-2H3;2*1H3/t2*9-,10-;9-,10+;8-;;;;/m0000..../s1. The number of aliphatic hydroxyl groups is 1. The molecule has 0 saturated carbocycles. The number of aliphatic hydroxyl groups excluding tert-OH is 1. The number of nitrogens with two attached hydrogens (primary N) is 1. The zero-order valence-electron chi connectivity index (χ0n) is 40.3. The van der Waals surface area contributed by atoms with Crippen molar-refractivity contribution in [1.82, 2.24) is 16.0 Å². The van der Waals surface area contributed by atoms with E-state index in [0.29, 0.717) is 25.7 Å². The van der Waals surface area contributed by atoms with Gasteiger partial charge in [-0.2, -0.15) is 0 Å². The molecule has 0 unspecified atom stereocenters. The lowest BCUT2D eigenvalue weighted by molar-refractivity contribution is -0.150. The van der Waals surface area contributed by atoms with Crippen molar-refractivity contribution in [3.63, 3.8) is 0 Å². The Kier molecular flexibility index (Phi) is 34.6. The fraction of sp³-hybridized carbons (Fsp3) is 0.400. The van der Waals surface area contributed by atoms with E-state index in [2.05, 4.69) is 57.3 Å². The average Bonchev–Trinajstić information content (AvgIpc) is 4.08. The van der Waals surface area contributed by atoms with Gasteiger partial charge in [0.15, 0.2) is 0 Å². The number of carbonyl (C=O) groups excluding carboxylic acids is 5. The van der Waals surface area contributed by atoms with Crippen LogP contribution < -0.4 is 21.7 Å². The van der Waals surface area contributed by atoms with Gasteiger partial charge in [-0.05, 0) is 59.6 Å². The first-order valence-electron chi connectivity index (χ1n) is 22.0. The Hall–Kier alpha value is -6.02. The minimum Gasteiger partial charge on any atom is -0.480 e. The number of hydrogen-bond donors (Lipinski definition) is 6. The van der Waals surface area contributed by atoms with Gasteiger partial charge in [-0.15, -0.1) is 0 Å². The zero-order valence-corrected chi connectivity index (χ0v) is 43.5. The van der Waals surface area contributed by atoms with Gasteiger partial charge >= 0.3 is 36.2 Å². The highest BCUT2D eigenvalue weighted by molar-refractivity contribution is 9.09. The number of nitrogens with one attached hydrogen (secondary N) is 3. The fourth-order valence-electron chi connectivity index (χ4n) is 6.29. The van der Waals surface area contributed by atoms with Gasteiger partial charge in [-0.25, -0.2) is 24.0 Å². The van der Waals surface area contributed by atoms with Crippen molar-refractivity contribution < 1.29 is 62.7 Å². The van der Waals surface area contributed by atoms with Gasteiger partial charge in [0.1, 0.15) is 12.1 Å². The summed E-state index contributed by atoms with van der Waals surface area (Å²) in [7, 11) is 2.54.